The summed E-state index contributed by atoms with van der Waals surface area (Å²) in [6.07, 6.45) is -1.49. The number of carbonyl (C=O) groups excluding carboxylic acids is 1. The molecule has 11 heteroatoms. The quantitative estimate of drug-likeness (QED) is 0.190. The van der Waals surface area contributed by atoms with Crippen LogP contribution in [0.2, 0.25) is 0 Å². The first-order valence-electron chi connectivity index (χ1n) is 14.5. The number of benzene rings is 2. The van der Waals surface area contributed by atoms with Gasteiger partial charge in [0.05, 0.1) is 0 Å². The normalized spacial score (nSPS) is 18.0. The summed E-state index contributed by atoms with van der Waals surface area (Å²) in [6, 6.07) is 8.27. The Morgan fingerprint density at radius 3 is 1.79 bits per heavy atom. The number of thiocarbonyl (C=S) groups is 1. The Balaban J connectivity index is 2.21. The van der Waals surface area contributed by atoms with Crippen molar-refractivity contribution >= 4 is 37.1 Å². The first-order chi connectivity index (χ1) is 19.8. The van der Waals surface area contributed by atoms with Crippen molar-refractivity contribution < 1.29 is 27.8 Å². The van der Waals surface area contributed by atoms with E-state index in [1.165, 1.54) is 0 Å². The Hall–Kier alpha value is -3.19. The zero-order chi connectivity index (χ0) is 32.1. The van der Waals surface area contributed by atoms with Crippen molar-refractivity contribution in [3.8, 4) is 11.5 Å². The van der Waals surface area contributed by atoms with E-state index in [-0.39, 0.29) is 23.0 Å². The maximum absolute atomic E-state index is 13.9. The Bertz CT molecular complexity index is 1460. The van der Waals surface area contributed by atoms with Crippen LogP contribution in [-0.2, 0) is 31.2 Å². The van der Waals surface area contributed by atoms with E-state index in [0.717, 1.165) is 38.2 Å². The average Bonchev–Trinajstić information content (AvgIpc) is 3.13. The number of aryl methyl sites for hydroxylation is 2. The molecule has 0 bridgehead atoms. The minimum atomic E-state index is -5.39. The molecule has 2 aromatic carbocycles. The van der Waals surface area contributed by atoms with E-state index in [0.29, 0.717) is 17.9 Å². The average molecular weight is 630 g/mol. The van der Waals surface area contributed by atoms with Crippen molar-refractivity contribution in [3.63, 3.8) is 0 Å². The number of hydrogen-bond acceptors (Lipinski definition) is 9. The Kier molecular flexibility index (Phi) is 8.42. The summed E-state index contributed by atoms with van der Waals surface area (Å²) in [4.78, 5) is 13.9. The van der Waals surface area contributed by atoms with Crippen LogP contribution in [0.4, 0.5) is 4.79 Å². The number of fused-ring (bicyclic) bond motifs is 2. The molecule has 0 saturated heterocycles. The molecule has 0 radical (unpaired) electrons. The summed E-state index contributed by atoms with van der Waals surface area (Å²) in [5, 5.41) is 6.88. The van der Waals surface area contributed by atoms with Gasteiger partial charge in [-0.15, -0.1) is 0 Å². The zero-order valence-electron chi connectivity index (χ0n) is 27.3. The summed E-state index contributed by atoms with van der Waals surface area (Å²) in [5.74, 6) is 0.940. The number of amides is 1. The van der Waals surface area contributed by atoms with Gasteiger partial charge >= 0.3 is 261 Å². The van der Waals surface area contributed by atoms with Gasteiger partial charge < -0.3 is 0 Å². The third-order valence-electron chi connectivity index (χ3n) is 6.88. The molecule has 2 aromatic rings. The first kappa shape index (κ1) is 32.7. The van der Waals surface area contributed by atoms with Gasteiger partial charge in [-0.05, 0) is 0 Å². The van der Waals surface area contributed by atoms with Crippen molar-refractivity contribution in [1.29, 1.82) is 0 Å². The molecule has 1 amide bonds. The molecule has 9 nitrogen and oxygen atoms in total. The molecule has 2 heterocycles. The molecule has 43 heavy (non-hydrogen) atoms. The van der Waals surface area contributed by atoms with E-state index in [2.05, 4.69) is 94.7 Å². The van der Waals surface area contributed by atoms with Crippen molar-refractivity contribution in [2.75, 3.05) is 0 Å². The molecule has 2 aliphatic heterocycles. The molecular weight excluding hydrogens is 585 g/mol. The summed E-state index contributed by atoms with van der Waals surface area (Å²) < 4.78 is 37.6. The standard InChI is InChI=1S/C32H44N3O6PS/c1-19(2)37-29-34-35(30(36)38-20(3)4)42(41-29,33-18-43)39-27-23(13-21(5)15-25(27)31(7,8)9)17-24-14-22(6)16-26(28(24)40-42)32(10,11)12/h13-16,19-20H,17H2,1-12H3. The van der Waals surface area contributed by atoms with Gasteiger partial charge in [-0.1, -0.05) is 0 Å². The zero-order valence-corrected chi connectivity index (χ0v) is 29.0. The van der Waals surface area contributed by atoms with E-state index in [4.69, 9.17) is 35.3 Å². The third-order valence-corrected chi connectivity index (χ3v) is 9.89. The molecule has 0 atom stereocenters. The molecule has 0 N–H and O–H groups in total. The van der Waals surface area contributed by atoms with Crippen LogP contribution in [0.3, 0.4) is 0 Å². The number of isothiocyanates is 1. The number of carbonyl (C=O) groups is 1. The molecule has 0 unspecified atom stereocenters. The summed E-state index contributed by atoms with van der Waals surface area (Å²) in [5.41, 5.74) is 4.87. The second-order valence-electron chi connectivity index (χ2n) is 13.8. The fourth-order valence-corrected chi connectivity index (χ4v) is 8.17. The predicted octanol–water partition coefficient (Wildman–Crippen LogP) is 9.06. The van der Waals surface area contributed by atoms with Crippen LogP contribution >= 0.6 is 19.8 Å². The van der Waals surface area contributed by atoms with E-state index in [1.807, 2.05) is 13.8 Å². The number of ether oxygens (including phenoxy) is 2. The van der Waals surface area contributed by atoms with Crippen molar-refractivity contribution in [3.05, 3.63) is 57.6 Å². The van der Waals surface area contributed by atoms with Gasteiger partial charge in [-0.3, -0.25) is 0 Å². The van der Waals surface area contributed by atoms with Crippen molar-refractivity contribution in [2.24, 2.45) is 9.86 Å². The van der Waals surface area contributed by atoms with Crippen LogP contribution in [0, 0.1) is 13.8 Å². The maximum atomic E-state index is 13.9. The second-order valence-corrected chi connectivity index (χ2v) is 16.7. The Labute approximate surface area is 260 Å². The van der Waals surface area contributed by atoms with E-state index in [9.17, 15) is 4.79 Å². The molecule has 2 aliphatic rings. The van der Waals surface area contributed by atoms with Crippen LogP contribution in [-0.4, -0.2) is 34.3 Å². The van der Waals surface area contributed by atoms with Crippen LogP contribution in [0.5, 0.6) is 11.5 Å². The molecule has 0 aromatic heterocycles. The number of nitrogens with zero attached hydrogens (tertiary/aromatic N) is 3. The fraction of sp³-hybridized carbons (Fsp3) is 0.531. The number of hydrazone groups is 1. The molecular formula is C32H44N3O6PS. The van der Waals surface area contributed by atoms with Crippen LogP contribution in [0.15, 0.2) is 34.1 Å². The SMILES string of the molecule is Cc1cc2c(c(C(C)(C)C)c1)OP1(N=C=S)(OC(OC(C)C)=NN1C(=O)OC(C)C)Oc1c(cc(C)cc1C(C)(C)C)C2. The van der Waals surface area contributed by atoms with Crippen LogP contribution in [0.1, 0.15) is 103 Å². The molecule has 4 rings (SSSR count). The van der Waals surface area contributed by atoms with E-state index < -0.39 is 19.8 Å². The summed E-state index contributed by atoms with van der Waals surface area (Å²) in [6.45, 7) is 23.7. The number of hydrogen-bond donors (Lipinski definition) is 0. The van der Waals surface area contributed by atoms with Gasteiger partial charge in [0.1, 0.15) is 0 Å². The van der Waals surface area contributed by atoms with Crippen molar-refractivity contribution in [1.82, 2.24) is 4.78 Å². The summed E-state index contributed by atoms with van der Waals surface area (Å²) in [7, 11) is -5.39. The second kappa shape index (κ2) is 11.1. The van der Waals surface area contributed by atoms with Crippen LogP contribution < -0.4 is 9.05 Å². The molecule has 1 spiro atoms. The molecule has 0 saturated carbocycles. The topological polar surface area (TPSA) is 91.2 Å². The Morgan fingerprint density at radius 1 is 0.907 bits per heavy atom. The van der Waals surface area contributed by atoms with Gasteiger partial charge in [-0.25, -0.2) is 0 Å². The van der Waals surface area contributed by atoms with Gasteiger partial charge in [0.2, 0.25) is 0 Å². The monoisotopic (exact) mass is 629 g/mol. The third kappa shape index (κ3) is 6.24. The molecule has 0 fully saturated rings. The van der Waals surface area contributed by atoms with Gasteiger partial charge in [-0.2, -0.15) is 0 Å². The fourth-order valence-electron chi connectivity index (χ4n) is 5.13. The van der Waals surface area contributed by atoms with Gasteiger partial charge in [0, 0.05) is 0 Å². The predicted molar refractivity (Wildman–Crippen MR) is 174 cm³/mol. The molecule has 0 aliphatic carbocycles. The molecule has 234 valence electrons. The summed E-state index contributed by atoms with van der Waals surface area (Å²) >= 11 is 5.23. The Morgan fingerprint density at radius 2 is 1.40 bits per heavy atom. The van der Waals surface area contributed by atoms with E-state index >= 15 is 0 Å². The van der Waals surface area contributed by atoms with E-state index in [1.54, 1.807) is 13.8 Å². The number of rotatable bonds is 3. The first-order valence-corrected chi connectivity index (χ1v) is 16.8. The van der Waals surface area contributed by atoms with Gasteiger partial charge in [0.15, 0.2) is 0 Å². The van der Waals surface area contributed by atoms with Gasteiger partial charge in [0.25, 0.3) is 0 Å². The van der Waals surface area contributed by atoms with Crippen molar-refractivity contribution in [2.45, 2.75) is 113 Å². The minimum absolute atomic E-state index is 0.250. The van der Waals surface area contributed by atoms with Crippen LogP contribution in [0.25, 0.3) is 0 Å².